The van der Waals surface area contributed by atoms with E-state index in [1.165, 1.54) is 12.8 Å². The van der Waals surface area contributed by atoms with Gasteiger partial charge in [0, 0.05) is 5.69 Å². The second-order valence-electron chi connectivity index (χ2n) is 4.00. The summed E-state index contributed by atoms with van der Waals surface area (Å²) >= 11 is 0. The Bertz CT molecular complexity index is 311. The molecule has 0 bridgehead atoms. The fourth-order valence-electron chi connectivity index (χ4n) is 1.50. The fourth-order valence-corrected chi connectivity index (χ4v) is 1.50. The maximum atomic E-state index is 11.4. The van der Waals surface area contributed by atoms with Crippen molar-refractivity contribution in [3.8, 4) is 0 Å². The van der Waals surface area contributed by atoms with Crippen molar-refractivity contribution in [3.05, 3.63) is 30.3 Å². The lowest BCUT2D eigenvalue weighted by atomic mass is 10.2. The molecule has 3 heteroatoms. The highest BCUT2D eigenvalue weighted by Crippen LogP contribution is 2.04. The van der Waals surface area contributed by atoms with E-state index < -0.39 is 0 Å². The van der Waals surface area contributed by atoms with Gasteiger partial charge in [-0.1, -0.05) is 44.4 Å². The molecule has 1 aromatic carbocycles. The third-order valence-corrected chi connectivity index (χ3v) is 2.47. The van der Waals surface area contributed by atoms with Crippen LogP contribution in [0.25, 0.3) is 0 Å². The molecule has 0 aliphatic heterocycles. The zero-order chi connectivity index (χ0) is 12.3. The van der Waals surface area contributed by atoms with E-state index in [-0.39, 0.29) is 12.5 Å². The normalized spacial score (nSPS) is 9.94. The van der Waals surface area contributed by atoms with E-state index in [1.54, 1.807) is 0 Å². The van der Waals surface area contributed by atoms with E-state index in [4.69, 9.17) is 4.74 Å². The Hall–Kier alpha value is -1.51. The van der Waals surface area contributed by atoms with E-state index in [0.717, 1.165) is 18.5 Å². The Morgan fingerprint density at radius 3 is 2.65 bits per heavy atom. The molecular weight excluding hydrogens is 214 g/mol. The third-order valence-electron chi connectivity index (χ3n) is 2.47. The van der Waals surface area contributed by atoms with Crippen LogP contribution < -0.4 is 5.32 Å². The van der Waals surface area contributed by atoms with Gasteiger partial charge < -0.3 is 10.1 Å². The van der Waals surface area contributed by atoms with Gasteiger partial charge in [0.15, 0.2) is 0 Å². The lowest BCUT2D eigenvalue weighted by Crippen LogP contribution is -2.17. The maximum Gasteiger partial charge on any atom is 0.325 e. The molecule has 1 aromatic rings. The topological polar surface area (TPSA) is 38.3 Å². The number of hydrogen-bond acceptors (Lipinski definition) is 3. The molecule has 17 heavy (non-hydrogen) atoms. The Morgan fingerprint density at radius 1 is 1.18 bits per heavy atom. The van der Waals surface area contributed by atoms with E-state index in [9.17, 15) is 4.79 Å². The molecule has 0 saturated heterocycles. The van der Waals surface area contributed by atoms with Crippen molar-refractivity contribution in [1.29, 1.82) is 0 Å². The third kappa shape index (κ3) is 6.61. The van der Waals surface area contributed by atoms with Gasteiger partial charge in [0.1, 0.15) is 6.54 Å². The van der Waals surface area contributed by atoms with Crippen LogP contribution in [0.5, 0.6) is 0 Å². The minimum atomic E-state index is -0.189. The second kappa shape index (κ2) is 8.62. The highest BCUT2D eigenvalue weighted by molar-refractivity contribution is 5.74. The molecule has 0 aromatic heterocycles. The number of carbonyl (C=O) groups is 1. The first kappa shape index (κ1) is 13.6. The molecule has 0 heterocycles. The summed E-state index contributed by atoms with van der Waals surface area (Å²) in [5.41, 5.74) is 0.940. The Balaban J connectivity index is 2.05. The van der Waals surface area contributed by atoms with Crippen molar-refractivity contribution in [2.24, 2.45) is 0 Å². The predicted molar refractivity (Wildman–Crippen MR) is 70.0 cm³/mol. The van der Waals surface area contributed by atoms with Crippen LogP contribution in [-0.4, -0.2) is 19.1 Å². The van der Waals surface area contributed by atoms with Gasteiger partial charge in [-0.15, -0.1) is 0 Å². The van der Waals surface area contributed by atoms with Crippen molar-refractivity contribution in [2.45, 2.75) is 32.6 Å². The summed E-state index contributed by atoms with van der Waals surface area (Å²) in [4.78, 5) is 11.4. The minimum absolute atomic E-state index is 0.189. The number of carbonyl (C=O) groups excluding carboxylic acids is 1. The number of rotatable bonds is 8. The number of benzene rings is 1. The van der Waals surface area contributed by atoms with Gasteiger partial charge in [0.2, 0.25) is 0 Å². The lowest BCUT2D eigenvalue weighted by Gasteiger charge is -2.06. The maximum absolute atomic E-state index is 11.4. The molecule has 0 aliphatic carbocycles. The Kier molecular flexibility index (Phi) is 6.87. The van der Waals surface area contributed by atoms with Crippen LogP contribution >= 0.6 is 0 Å². The molecular formula is C14H21NO2. The SMILES string of the molecule is CCCCCCOC(=O)CNc1ccccc1. The highest BCUT2D eigenvalue weighted by atomic mass is 16.5. The average Bonchev–Trinajstić information content (AvgIpc) is 2.37. The molecule has 3 nitrogen and oxygen atoms in total. The van der Waals surface area contributed by atoms with E-state index in [1.807, 2.05) is 30.3 Å². The molecule has 0 aliphatic rings. The van der Waals surface area contributed by atoms with Gasteiger partial charge >= 0.3 is 5.97 Å². The summed E-state index contributed by atoms with van der Waals surface area (Å²) in [6, 6.07) is 9.65. The largest absolute Gasteiger partial charge is 0.464 e. The van der Waals surface area contributed by atoms with Crippen molar-refractivity contribution >= 4 is 11.7 Å². The molecule has 0 spiro atoms. The van der Waals surface area contributed by atoms with Crippen LogP contribution in [0.15, 0.2) is 30.3 Å². The average molecular weight is 235 g/mol. The van der Waals surface area contributed by atoms with E-state index >= 15 is 0 Å². The summed E-state index contributed by atoms with van der Waals surface area (Å²) in [6.07, 6.45) is 4.50. The van der Waals surface area contributed by atoms with Crippen molar-refractivity contribution in [3.63, 3.8) is 0 Å². The van der Waals surface area contributed by atoms with Crippen LogP contribution in [0.1, 0.15) is 32.6 Å². The zero-order valence-corrected chi connectivity index (χ0v) is 10.4. The van der Waals surface area contributed by atoms with Crippen LogP contribution in [-0.2, 0) is 9.53 Å². The predicted octanol–water partition coefficient (Wildman–Crippen LogP) is 3.22. The number of hydrogen-bond donors (Lipinski definition) is 1. The molecule has 0 amide bonds. The summed E-state index contributed by atoms with van der Waals surface area (Å²) < 4.78 is 5.11. The van der Waals surface area contributed by atoms with Gasteiger partial charge in [-0.25, -0.2) is 0 Å². The van der Waals surface area contributed by atoms with E-state index in [0.29, 0.717) is 6.61 Å². The van der Waals surface area contributed by atoms with E-state index in [2.05, 4.69) is 12.2 Å². The molecule has 1 N–H and O–H groups in total. The molecule has 94 valence electrons. The van der Waals surface area contributed by atoms with Gasteiger partial charge in [-0.3, -0.25) is 4.79 Å². The number of nitrogens with one attached hydrogen (secondary N) is 1. The number of unbranched alkanes of at least 4 members (excludes halogenated alkanes) is 3. The summed E-state index contributed by atoms with van der Waals surface area (Å²) in [7, 11) is 0. The molecule has 1 rings (SSSR count). The summed E-state index contributed by atoms with van der Waals surface area (Å²) in [6.45, 7) is 2.93. The number of anilines is 1. The van der Waals surface area contributed by atoms with Crippen LogP contribution in [0, 0.1) is 0 Å². The fraction of sp³-hybridized carbons (Fsp3) is 0.500. The van der Waals surface area contributed by atoms with Crippen LogP contribution in [0.3, 0.4) is 0 Å². The first-order valence-electron chi connectivity index (χ1n) is 6.27. The van der Waals surface area contributed by atoms with Crippen molar-refractivity contribution < 1.29 is 9.53 Å². The van der Waals surface area contributed by atoms with Crippen molar-refractivity contribution in [2.75, 3.05) is 18.5 Å². The van der Waals surface area contributed by atoms with Gasteiger partial charge in [0.05, 0.1) is 6.61 Å². The zero-order valence-electron chi connectivity index (χ0n) is 10.4. The lowest BCUT2D eigenvalue weighted by molar-refractivity contribution is -0.141. The number of esters is 1. The number of para-hydroxylation sites is 1. The van der Waals surface area contributed by atoms with Crippen molar-refractivity contribution in [1.82, 2.24) is 0 Å². The minimum Gasteiger partial charge on any atom is -0.464 e. The van der Waals surface area contributed by atoms with Gasteiger partial charge in [-0.05, 0) is 18.6 Å². The van der Waals surface area contributed by atoms with Crippen LogP contribution in [0.4, 0.5) is 5.69 Å². The smallest absolute Gasteiger partial charge is 0.325 e. The van der Waals surface area contributed by atoms with Gasteiger partial charge in [-0.2, -0.15) is 0 Å². The monoisotopic (exact) mass is 235 g/mol. The second-order valence-corrected chi connectivity index (χ2v) is 4.00. The first-order chi connectivity index (χ1) is 8.33. The van der Waals surface area contributed by atoms with Gasteiger partial charge in [0.25, 0.3) is 0 Å². The quantitative estimate of drug-likeness (QED) is 0.555. The Labute approximate surface area is 103 Å². The summed E-state index contributed by atoms with van der Waals surface area (Å²) in [5, 5.41) is 3.02. The molecule has 0 unspecified atom stereocenters. The van der Waals surface area contributed by atoms with Crippen LogP contribution in [0.2, 0.25) is 0 Å². The first-order valence-corrected chi connectivity index (χ1v) is 6.27. The molecule has 0 fully saturated rings. The molecule has 0 radical (unpaired) electrons. The highest BCUT2D eigenvalue weighted by Gasteiger charge is 2.01. The molecule has 0 atom stereocenters. The summed E-state index contributed by atoms with van der Waals surface area (Å²) in [5.74, 6) is -0.189. The molecule has 0 saturated carbocycles. The Morgan fingerprint density at radius 2 is 1.94 bits per heavy atom. The number of ether oxygens (including phenoxy) is 1. The standard InChI is InChI=1S/C14H21NO2/c1-2-3-4-8-11-17-14(16)12-15-13-9-6-5-7-10-13/h5-7,9-10,15H,2-4,8,11-12H2,1H3.